The predicted octanol–water partition coefficient (Wildman–Crippen LogP) is 1.28. The molecule has 0 spiro atoms. The highest BCUT2D eigenvalue weighted by atomic mass is 16.5. The van der Waals surface area contributed by atoms with Crippen molar-refractivity contribution in [1.29, 1.82) is 0 Å². The van der Waals surface area contributed by atoms with Crippen molar-refractivity contribution < 1.29 is 9.53 Å². The highest BCUT2D eigenvalue weighted by molar-refractivity contribution is 5.88. The summed E-state index contributed by atoms with van der Waals surface area (Å²) in [6, 6.07) is 0. The van der Waals surface area contributed by atoms with Gasteiger partial charge in [-0.25, -0.2) is 4.79 Å². The summed E-state index contributed by atoms with van der Waals surface area (Å²) < 4.78 is 4.86. The molecule has 0 N–H and O–H groups in total. The van der Waals surface area contributed by atoms with Gasteiger partial charge in [-0.15, -0.1) is 0 Å². The van der Waals surface area contributed by atoms with Crippen LogP contribution in [0.2, 0.25) is 0 Å². The van der Waals surface area contributed by atoms with Gasteiger partial charge in [0.1, 0.15) is 0 Å². The molecule has 0 aromatic heterocycles. The number of hydrogen-bond acceptors (Lipinski definition) is 3. The standard InChI is InChI=1S/C11H19NO2/c1-4-5-10-14-11(13)8-6-7-9-12(2)3/h4-5,7,9-10H2,1-3H3. The lowest BCUT2D eigenvalue weighted by Crippen LogP contribution is -2.12. The van der Waals surface area contributed by atoms with E-state index in [1.165, 1.54) is 0 Å². The summed E-state index contributed by atoms with van der Waals surface area (Å²) in [5.41, 5.74) is 0. The van der Waals surface area contributed by atoms with Crippen molar-refractivity contribution in [3.63, 3.8) is 0 Å². The smallest absolute Gasteiger partial charge is 0.384 e. The lowest BCUT2D eigenvalue weighted by atomic mass is 10.4. The Balaban J connectivity index is 3.49. The summed E-state index contributed by atoms with van der Waals surface area (Å²) >= 11 is 0. The molecule has 0 fully saturated rings. The van der Waals surface area contributed by atoms with Crippen LogP contribution in [0, 0.1) is 11.8 Å². The average Bonchev–Trinajstić information content (AvgIpc) is 2.13. The Morgan fingerprint density at radius 2 is 2.14 bits per heavy atom. The first-order valence-corrected chi connectivity index (χ1v) is 4.97. The molecule has 0 saturated carbocycles. The Bertz CT molecular complexity index is 213. The number of hydrogen-bond donors (Lipinski definition) is 0. The Kier molecular flexibility index (Phi) is 7.96. The van der Waals surface area contributed by atoms with Crippen LogP contribution in [0.5, 0.6) is 0 Å². The van der Waals surface area contributed by atoms with E-state index in [2.05, 4.69) is 18.8 Å². The molecule has 0 saturated heterocycles. The third-order valence-electron chi connectivity index (χ3n) is 1.61. The lowest BCUT2D eigenvalue weighted by Gasteiger charge is -2.04. The topological polar surface area (TPSA) is 29.5 Å². The maximum absolute atomic E-state index is 11.0. The van der Waals surface area contributed by atoms with E-state index in [1.807, 2.05) is 19.0 Å². The van der Waals surface area contributed by atoms with Crippen LogP contribution in [0.1, 0.15) is 26.2 Å². The van der Waals surface area contributed by atoms with Gasteiger partial charge in [0, 0.05) is 18.9 Å². The molecule has 3 nitrogen and oxygen atoms in total. The molecule has 0 rings (SSSR count). The van der Waals surface area contributed by atoms with Crippen molar-refractivity contribution in [2.45, 2.75) is 26.2 Å². The van der Waals surface area contributed by atoms with Gasteiger partial charge >= 0.3 is 5.97 Å². The van der Waals surface area contributed by atoms with Crippen molar-refractivity contribution in [2.75, 3.05) is 27.2 Å². The quantitative estimate of drug-likeness (QED) is 0.288. The van der Waals surface area contributed by atoms with Crippen molar-refractivity contribution >= 4 is 5.97 Å². The van der Waals surface area contributed by atoms with Gasteiger partial charge < -0.3 is 9.64 Å². The first-order chi connectivity index (χ1) is 6.66. The molecule has 0 radical (unpaired) electrons. The van der Waals surface area contributed by atoms with Crippen molar-refractivity contribution in [3.05, 3.63) is 0 Å². The van der Waals surface area contributed by atoms with Crippen LogP contribution in [0.25, 0.3) is 0 Å². The summed E-state index contributed by atoms with van der Waals surface area (Å²) in [6.07, 6.45) is 2.64. The van der Waals surface area contributed by atoms with Gasteiger partial charge in [-0.1, -0.05) is 19.3 Å². The molecule has 0 atom stereocenters. The van der Waals surface area contributed by atoms with Crippen LogP contribution in [0.15, 0.2) is 0 Å². The minimum atomic E-state index is -0.405. The molecule has 0 amide bonds. The Morgan fingerprint density at radius 3 is 2.71 bits per heavy atom. The summed E-state index contributed by atoms with van der Waals surface area (Å²) in [4.78, 5) is 13.0. The maximum Gasteiger partial charge on any atom is 0.384 e. The molecule has 0 bridgehead atoms. The third-order valence-corrected chi connectivity index (χ3v) is 1.61. The van der Waals surface area contributed by atoms with Crippen LogP contribution in [0.4, 0.5) is 0 Å². The first-order valence-electron chi connectivity index (χ1n) is 4.97. The minimum absolute atomic E-state index is 0.405. The van der Waals surface area contributed by atoms with Crippen LogP contribution in [-0.4, -0.2) is 38.1 Å². The number of ether oxygens (including phenoxy) is 1. The average molecular weight is 197 g/mol. The molecule has 0 aliphatic rings. The molecule has 80 valence electrons. The molecular formula is C11H19NO2. The van der Waals surface area contributed by atoms with Gasteiger partial charge in [0.25, 0.3) is 0 Å². The van der Waals surface area contributed by atoms with Gasteiger partial charge in [0.05, 0.1) is 6.61 Å². The third kappa shape index (κ3) is 9.08. The number of rotatable bonds is 5. The monoisotopic (exact) mass is 197 g/mol. The molecule has 0 unspecified atom stereocenters. The van der Waals surface area contributed by atoms with E-state index >= 15 is 0 Å². The summed E-state index contributed by atoms with van der Waals surface area (Å²) in [7, 11) is 3.95. The second-order valence-corrected chi connectivity index (χ2v) is 3.34. The molecule has 14 heavy (non-hydrogen) atoms. The predicted molar refractivity (Wildman–Crippen MR) is 56.8 cm³/mol. The number of carbonyl (C=O) groups excluding carboxylic acids is 1. The fourth-order valence-electron chi connectivity index (χ4n) is 0.759. The first kappa shape index (κ1) is 13.0. The van der Waals surface area contributed by atoms with E-state index in [4.69, 9.17) is 4.74 Å². The number of nitrogens with zero attached hydrogens (tertiary/aromatic N) is 1. The summed E-state index contributed by atoms with van der Waals surface area (Å²) in [6.45, 7) is 3.41. The fourth-order valence-corrected chi connectivity index (χ4v) is 0.759. The van der Waals surface area contributed by atoms with Crippen LogP contribution >= 0.6 is 0 Å². The molecule has 3 heteroatoms. The highest BCUT2D eigenvalue weighted by Gasteiger charge is 1.94. The van der Waals surface area contributed by atoms with Crippen molar-refractivity contribution in [3.8, 4) is 11.8 Å². The fraction of sp³-hybridized carbons (Fsp3) is 0.727. The van der Waals surface area contributed by atoms with E-state index in [0.29, 0.717) is 13.0 Å². The van der Waals surface area contributed by atoms with E-state index in [9.17, 15) is 4.79 Å². The van der Waals surface area contributed by atoms with Crippen molar-refractivity contribution in [2.24, 2.45) is 0 Å². The Labute approximate surface area is 86.4 Å². The second kappa shape index (κ2) is 8.58. The van der Waals surface area contributed by atoms with Gasteiger partial charge in [-0.05, 0) is 20.5 Å². The normalized spacial score (nSPS) is 9.43. The molecule has 0 aliphatic carbocycles. The zero-order valence-corrected chi connectivity index (χ0v) is 9.30. The maximum atomic E-state index is 11.0. The SMILES string of the molecule is CCCCOC(=O)C#CCCN(C)C. The van der Waals surface area contributed by atoms with Gasteiger partial charge in [-0.3, -0.25) is 0 Å². The molecule has 0 aliphatic heterocycles. The zero-order chi connectivity index (χ0) is 10.8. The van der Waals surface area contributed by atoms with E-state index in [1.54, 1.807) is 0 Å². The highest BCUT2D eigenvalue weighted by Crippen LogP contribution is 1.88. The van der Waals surface area contributed by atoms with Crippen molar-refractivity contribution in [1.82, 2.24) is 4.90 Å². The molecule has 0 heterocycles. The Hall–Kier alpha value is -1.01. The number of carbonyl (C=O) groups is 1. The minimum Gasteiger partial charge on any atom is -0.456 e. The van der Waals surface area contributed by atoms with Gasteiger partial charge in [-0.2, -0.15) is 0 Å². The largest absolute Gasteiger partial charge is 0.456 e. The number of unbranched alkanes of at least 4 members (excludes halogenated alkanes) is 1. The summed E-state index contributed by atoms with van der Waals surface area (Å²) in [5.74, 6) is 4.83. The van der Waals surface area contributed by atoms with Crippen LogP contribution < -0.4 is 0 Å². The van der Waals surface area contributed by atoms with Gasteiger partial charge in [0.15, 0.2) is 0 Å². The molecular weight excluding hydrogens is 178 g/mol. The van der Waals surface area contributed by atoms with E-state index in [0.717, 1.165) is 19.4 Å². The zero-order valence-electron chi connectivity index (χ0n) is 9.30. The Morgan fingerprint density at radius 1 is 1.43 bits per heavy atom. The van der Waals surface area contributed by atoms with E-state index in [-0.39, 0.29) is 0 Å². The summed E-state index contributed by atoms with van der Waals surface area (Å²) in [5, 5.41) is 0. The van der Waals surface area contributed by atoms with Crippen LogP contribution in [0.3, 0.4) is 0 Å². The number of esters is 1. The second-order valence-electron chi connectivity index (χ2n) is 3.34. The van der Waals surface area contributed by atoms with Gasteiger partial charge in [0.2, 0.25) is 0 Å². The molecule has 0 aromatic rings. The van der Waals surface area contributed by atoms with E-state index < -0.39 is 5.97 Å². The van der Waals surface area contributed by atoms with Crippen LogP contribution in [-0.2, 0) is 9.53 Å². The molecule has 0 aromatic carbocycles. The lowest BCUT2D eigenvalue weighted by molar-refractivity contribution is -0.136.